The van der Waals surface area contributed by atoms with Crippen LogP contribution in [0, 0.1) is 18.3 Å². The molecule has 0 saturated carbocycles. The van der Waals surface area contributed by atoms with Crippen LogP contribution in [0.2, 0.25) is 0 Å². The third-order valence-corrected chi connectivity index (χ3v) is 6.67. The van der Waals surface area contributed by atoms with Crippen LogP contribution in [-0.2, 0) is 0 Å². The highest BCUT2D eigenvalue weighted by molar-refractivity contribution is 7.17. The molecule has 9 nitrogen and oxygen atoms in total. The van der Waals surface area contributed by atoms with Crippen LogP contribution in [0.3, 0.4) is 0 Å². The van der Waals surface area contributed by atoms with Crippen molar-refractivity contribution in [1.82, 2.24) is 30.0 Å². The fourth-order valence-corrected chi connectivity index (χ4v) is 5.31. The number of thiazole rings is 1. The Morgan fingerprint density at radius 3 is 2.86 bits per heavy atom. The van der Waals surface area contributed by atoms with Crippen molar-refractivity contribution in [2.45, 2.75) is 57.2 Å². The predicted molar refractivity (Wildman–Crippen MR) is 112 cm³/mol. The van der Waals surface area contributed by atoms with Crippen LogP contribution < -0.4 is 10.6 Å². The van der Waals surface area contributed by atoms with Gasteiger partial charge in [0.2, 0.25) is 5.95 Å². The highest BCUT2D eigenvalue weighted by atomic mass is 32.1. The summed E-state index contributed by atoms with van der Waals surface area (Å²) in [4.78, 5) is 16.3. The fourth-order valence-electron chi connectivity index (χ4n) is 4.64. The van der Waals surface area contributed by atoms with Crippen LogP contribution in [0.15, 0.2) is 11.6 Å². The Labute approximate surface area is 172 Å². The van der Waals surface area contributed by atoms with E-state index in [1.807, 2.05) is 13.0 Å². The minimum Gasteiger partial charge on any atom is -0.351 e. The maximum absolute atomic E-state index is 8.92. The normalized spacial score (nSPS) is 23.9. The molecule has 29 heavy (non-hydrogen) atoms. The number of hydrogen-bond donors (Lipinski definition) is 3. The molecule has 5 rings (SSSR count). The summed E-state index contributed by atoms with van der Waals surface area (Å²) in [5.41, 5.74) is 3.47. The summed E-state index contributed by atoms with van der Waals surface area (Å²) in [7, 11) is 0. The maximum atomic E-state index is 8.92. The molecule has 10 heteroatoms. The van der Waals surface area contributed by atoms with Gasteiger partial charge in [-0.05, 0) is 32.6 Å². The first kappa shape index (κ1) is 18.3. The van der Waals surface area contributed by atoms with Crippen LogP contribution in [0.25, 0.3) is 10.3 Å². The van der Waals surface area contributed by atoms with Crippen molar-refractivity contribution in [2.24, 2.45) is 0 Å². The van der Waals surface area contributed by atoms with Gasteiger partial charge in [0.25, 0.3) is 0 Å². The molecular weight excluding hydrogens is 386 g/mol. The van der Waals surface area contributed by atoms with Crippen molar-refractivity contribution in [3.63, 3.8) is 0 Å². The van der Waals surface area contributed by atoms with Gasteiger partial charge in [-0.3, -0.25) is 10.00 Å². The number of aryl methyl sites for hydroxylation is 1. The van der Waals surface area contributed by atoms with E-state index in [0.717, 1.165) is 41.4 Å². The maximum Gasteiger partial charge on any atom is 0.227 e. The molecule has 0 radical (unpaired) electrons. The van der Waals surface area contributed by atoms with Gasteiger partial charge in [0, 0.05) is 42.9 Å². The molecule has 150 valence electrons. The zero-order valence-corrected chi connectivity index (χ0v) is 17.0. The van der Waals surface area contributed by atoms with Crippen molar-refractivity contribution >= 4 is 39.3 Å². The summed E-state index contributed by atoms with van der Waals surface area (Å²) in [6.45, 7) is 2.85. The lowest BCUT2D eigenvalue weighted by molar-refractivity contribution is 0.135. The molecule has 0 amide bonds. The summed E-state index contributed by atoms with van der Waals surface area (Å²) in [5.74, 6) is 2.06. The SMILES string of the molecule is Cc1cc(Nc2nc(NC3CC4CC[C@@H](C3)N4CCC#N)nc3ncsc23)n[nH]1. The summed E-state index contributed by atoms with van der Waals surface area (Å²) < 4.78 is 0.919. The van der Waals surface area contributed by atoms with E-state index in [4.69, 9.17) is 10.2 Å². The highest BCUT2D eigenvalue weighted by Crippen LogP contribution is 2.37. The molecule has 2 unspecified atom stereocenters. The van der Waals surface area contributed by atoms with Gasteiger partial charge in [0.1, 0.15) is 4.70 Å². The fraction of sp³-hybridized carbons (Fsp3) is 0.526. The van der Waals surface area contributed by atoms with Gasteiger partial charge in [-0.25, -0.2) is 4.98 Å². The molecule has 2 aliphatic rings. The number of anilines is 3. The van der Waals surface area contributed by atoms with Gasteiger partial charge < -0.3 is 10.6 Å². The van der Waals surface area contributed by atoms with Crippen LogP contribution in [-0.4, -0.2) is 54.7 Å². The van der Waals surface area contributed by atoms with E-state index < -0.39 is 0 Å². The first-order chi connectivity index (χ1) is 14.2. The van der Waals surface area contributed by atoms with E-state index in [1.165, 1.54) is 24.2 Å². The number of fused-ring (bicyclic) bond motifs is 3. The first-order valence-electron chi connectivity index (χ1n) is 9.99. The second kappa shape index (κ2) is 7.57. The van der Waals surface area contributed by atoms with Crippen molar-refractivity contribution in [1.29, 1.82) is 5.26 Å². The molecule has 3 aromatic heterocycles. The number of aromatic nitrogens is 5. The standard InChI is InChI=1S/C19H23N9S/c1-11-7-15(27-26-11)23-18-16-17(21-10-29-16)24-19(25-18)22-12-8-13-3-4-14(9-12)28(13)6-2-5-20/h7,10,12-14H,2-4,6,8-9H2,1H3,(H3,22,23,24,25,26,27)/t12?,13-,14?/m0/s1. The van der Waals surface area contributed by atoms with Crippen molar-refractivity contribution < 1.29 is 0 Å². The zero-order valence-electron chi connectivity index (χ0n) is 16.2. The quantitative estimate of drug-likeness (QED) is 0.568. The van der Waals surface area contributed by atoms with Crippen LogP contribution in [0.4, 0.5) is 17.6 Å². The number of H-pyrrole nitrogens is 1. The zero-order chi connectivity index (χ0) is 19.8. The van der Waals surface area contributed by atoms with Gasteiger partial charge in [0.05, 0.1) is 11.6 Å². The lowest BCUT2D eigenvalue weighted by atomic mass is 9.97. The molecule has 5 heterocycles. The summed E-state index contributed by atoms with van der Waals surface area (Å²) in [6.07, 6.45) is 5.15. The van der Waals surface area contributed by atoms with E-state index in [0.29, 0.717) is 36.1 Å². The molecule has 0 aliphatic carbocycles. The Morgan fingerprint density at radius 2 is 2.14 bits per heavy atom. The number of hydrogen-bond acceptors (Lipinski definition) is 9. The van der Waals surface area contributed by atoms with Crippen LogP contribution in [0.1, 0.15) is 37.8 Å². The number of nitrogens with one attached hydrogen (secondary N) is 3. The molecule has 0 spiro atoms. The highest BCUT2D eigenvalue weighted by Gasteiger charge is 2.40. The molecule has 2 fully saturated rings. The average Bonchev–Trinajstić information content (AvgIpc) is 3.39. The Bertz CT molecular complexity index is 1040. The largest absolute Gasteiger partial charge is 0.351 e. The Balaban J connectivity index is 1.34. The minimum absolute atomic E-state index is 0.336. The number of rotatable bonds is 6. The molecule has 2 bridgehead atoms. The van der Waals surface area contributed by atoms with Crippen molar-refractivity contribution in [3.05, 3.63) is 17.3 Å². The topological polar surface area (TPSA) is 118 Å². The van der Waals surface area contributed by atoms with Gasteiger partial charge in [0.15, 0.2) is 17.3 Å². The van der Waals surface area contributed by atoms with Gasteiger partial charge >= 0.3 is 0 Å². The van der Waals surface area contributed by atoms with E-state index in [2.05, 4.69) is 41.8 Å². The van der Waals surface area contributed by atoms with Crippen LogP contribution >= 0.6 is 11.3 Å². The first-order valence-corrected chi connectivity index (χ1v) is 10.9. The number of nitrogens with zero attached hydrogens (tertiary/aromatic N) is 6. The van der Waals surface area contributed by atoms with E-state index >= 15 is 0 Å². The third-order valence-electron chi connectivity index (χ3n) is 5.84. The summed E-state index contributed by atoms with van der Waals surface area (Å²) in [6, 6.07) is 5.65. The monoisotopic (exact) mass is 409 g/mol. The van der Waals surface area contributed by atoms with Gasteiger partial charge in [-0.2, -0.15) is 20.3 Å². The number of aromatic amines is 1. The molecule has 3 N–H and O–H groups in total. The molecule has 0 aromatic carbocycles. The average molecular weight is 410 g/mol. The molecule has 2 saturated heterocycles. The lowest BCUT2D eigenvalue weighted by Gasteiger charge is -2.38. The Kier molecular flexibility index (Phi) is 4.77. The third kappa shape index (κ3) is 3.63. The number of nitriles is 1. The molecule has 3 atom stereocenters. The van der Waals surface area contributed by atoms with Crippen LogP contribution in [0.5, 0.6) is 0 Å². The van der Waals surface area contributed by atoms with Crippen molar-refractivity contribution in [2.75, 3.05) is 17.2 Å². The van der Waals surface area contributed by atoms with Gasteiger partial charge in [-0.15, -0.1) is 11.3 Å². The predicted octanol–water partition coefficient (Wildman–Crippen LogP) is 3.18. The molecule has 2 aliphatic heterocycles. The summed E-state index contributed by atoms with van der Waals surface area (Å²) in [5, 5.41) is 22.9. The Morgan fingerprint density at radius 1 is 1.31 bits per heavy atom. The second-order valence-corrected chi connectivity index (χ2v) is 8.66. The Hall–Kier alpha value is -2.77. The second-order valence-electron chi connectivity index (χ2n) is 7.81. The van der Waals surface area contributed by atoms with Gasteiger partial charge in [-0.1, -0.05) is 0 Å². The molecule has 3 aromatic rings. The van der Waals surface area contributed by atoms with E-state index in [-0.39, 0.29) is 0 Å². The molecular formula is C19H23N9S. The smallest absolute Gasteiger partial charge is 0.227 e. The summed E-state index contributed by atoms with van der Waals surface area (Å²) >= 11 is 1.52. The number of piperidine rings is 1. The van der Waals surface area contributed by atoms with Crippen molar-refractivity contribution in [3.8, 4) is 6.07 Å². The van der Waals surface area contributed by atoms with E-state index in [1.54, 1.807) is 5.51 Å². The lowest BCUT2D eigenvalue weighted by Crippen LogP contribution is -2.47. The van der Waals surface area contributed by atoms with E-state index in [9.17, 15) is 0 Å². The minimum atomic E-state index is 0.336.